The summed E-state index contributed by atoms with van der Waals surface area (Å²) in [5, 5.41) is 3.08. The van der Waals surface area contributed by atoms with E-state index in [1.165, 1.54) is 12.1 Å². The number of anilines is 1. The van der Waals surface area contributed by atoms with Crippen LogP contribution in [0.25, 0.3) is 0 Å². The molecule has 0 fully saturated rings. The zero-order valence-corrected chi connectivity index (χ0v) is 19.1. The lowest BCUT2D eigenvalue weighted by atomic mass is 9.92. The highest BCUT2D eigenvalue weighted by atomic mass is 19.1. The van der Waals surface area contributed by atoms with E-state index in [4.69, 9.17) is 4.74 Å². The number of halogens is 1. The molecule has 6 heteroatoms. The predicted octanol–water partition coefficient (Wildman–Crippen LogP) is 5.08. The molecule has 0 heterocycles. The molecule has 5 nitrogen and oxygen atoms in total. The van der Waals surface area contributed by atoms with E-state index in [2.05, 4.69) is 33.0 Å². The van der Waals surface area contributed by atoms with Crippen molar-refractivity contribution in [2.24, 2.45) is 0 Å². The molecule has 0 unspecified atom stereocenters. The number of esters is 1. The number of ether oxygens (including phenoxy) is 1. The van der Waals surface area contributed by atoms with Crippen LogP contribution in [0.2, 0.25) is 0 Å². The number of carbonyl (C=O) groups is 2. The van der Waals surface area contributed by atoms with Crippen LogP contribution in [0.15, 0.2) is 42.5 Å². The Bertz CT molecular complexity index is 853. The molecule has 2 aromatic carbocycles. The minimum Gasteiger partial charge on any atom is -0.465 e. The highest BCUT2D eigenvalue weighted by molar-refractivity contribution is 5.94. The number of carbonyl (C=O) groups excluding carboxylic acids is 2. The van der Waals surface area contributed by atoms with Crippen LogP contribution in [0.4, 0.5) is 10.1 Å². The molecule has 0 radical (unpaired) electrons. The first-order chi connectivity index (χ1) is 14.7. The Labute approximate surface area is 184 Å². The van der Waals surface area contributed by atoms with E-state index in [-0.39, 0.29) is 43.3 Å². The molecule has 2 rings (SSSR count). The summed E-state index contributed by atoms with van der Waals surface area (Å²) in [7, 11) is 0. The Balaban J connectivity index is 2.21. The highest BCUT2D eigenvalue weighted by Gasteiger charge is 2.20. The molecule has 31 heavy (non-hydrogen) atoms. The Hall–Kier alpha value is -2.73. The molecule has 0 spiro atoms. The standard InChI is InChI=1S/C25H33FN2O3/c1-6-31-24(30)16-28(14-19-10-12-20(26)13-11-19)15-23(29)27-25-21(17(2)3)8-7-9-22(25)18(4)5/h7-13,17-18H,6,14-16H2,1-5H3,(H,27,29). The average molecular weight is 429 g/mol. The third-order valence-corrected chi connectivity index (χ3v) is 4.98. The van der Waals surface area contributed by atoms with Gasteiger partial charge in [-0.2, -0.15) is 0 Å². The maximum Gasteiger partial charge on any atom is 0.320 e. The maximum absolute atomic E-state index is 13.2. The van der Waals surface area contributed by atoms with E-state index in [0.717, 1.165) is 22.4 Å². The maximum atomic E-state index is 13.2. The number of rotatable bonds is 10. The van der Waals surface area contributed by atoms with Crippen molar-refractivity contribution >= 4 is 17.6 Å². The van der Waals surface area contributed by atoms with Gasteiger partial charge < -0.3 is 10.1 Å². The van der Waals surface area contributed by atoms with E-state index < -0.39 is 5.97 Å². The van der Waals surface area contributed by atoms with Gasteiger partial charge >= 0.3 is 5.97 Å². The second kappa shape index (κ2) is 11.6. The molecule has 0 saturated heterocycles. The normalized spacial score (nSPS) is 11.3. The van der Waals surface area contributed by atoms with Crippen molar-refractivity contribution in [3.05, 3.63) is 65.0 Å². The van der Waals surface area contributed by atoms with Gasteiger partial charge in [-0.25, -0.2) is 4.39 Å². The molecule has 0 aliphatic rings. The summed E-state index contributed by atoms with van der Waals surface area (Å²) in [6, 6.07) is 12.1. The van der Waals surface area contributed by atoms with Crippen LogP contribution in [0.1, 0.15) is 63.1 Å². The predicted molar refractivity (Wildman–Crippen MR) is 122 cm³/mol. The Morgan fingerprint density at radius 1 is 0.968 bits per heavy atom. The molecule has 2 aromatic rings. The Morgan fingerprint density at radius 2 is 1.55 bits per heavy atom. The molecule has 0 aromatic heterocycles. The van der Waals surface area contributed by atoms with E-state index in [1.807, 2.05) is 18.2 Å². The van der Waals surface area contributed by atoms with E-state index in [9.17, 15) is 14.0 Å². The van der Waals surface area contributed by atoms with Crippen molar-refractivity contribution < 1.29 is 18.7 Å². The second-order valence-corrected chi connectivity index (χ2v) is 8.25. The fourth-order valence-electron chi connectivity index (χ4n) is 3.48. The number of para-hydroxylation sites is 1. The first-order valence-corrected chi connectivity index (χ1v) is 10.8. The number of hydrogen-bond acceptors (Lipinski definition) is 4. The third-order valence-electron chi connectivity index (χ3n) is 4.98. The van der Waals surface area contributed by atoms with Crippen molar-refractivity contribution in [2.45, 2.75) is 53.0 Å². The molecule has 0 bridgehead atoms. The van der Waals surface area contributed by atoms with Gasteiger partial charge in [-0.3, -0.25) is 14.5 Å². The zero-order valence-electron chi connectivity index (χ0n) is 19.1. The topological polar surface area (TPSA) is 58.6 Å². The van der Waals surface area contributed by atoms with Gasteiger partial charge in [0.15, 0.2) is 0 Å². The van der Waals surface area contributed by atoms with Gasteiger partial charge in [-0.15, -0.1) is 0 Å². The molecule has 0 aliphatic carbocycles. The van der Waals surface area contributed by atoms with Gasteiger partial charge in [0.05, 0.1) is 19.7 Å². The summed E-state index contributed by atoms with van der Waals surface area (Å²) in [4.78, 5) is 26.8. The summed E-state index contributed by atoms with van der Waals surface area (Å²) < 4.78 is 18.3. The molecule has 0 aliphatic heterocycles. The largest absolute Gasteiger partial charge is 0.465 e. The number of hydrogen-bond donors (Lipinski definition) is 1. The van der Waals surface area contributed by atoms with Crippen LogP contribution in [0, 0.1) is 5.82 Å². The van der Waals surface area contributed by atoms with E-state index in [1.54, 1.807) is 24.0 Å². The monoisotopic (exact) mass is 428 g/mol. The van der Waals surface area contributed by atoms with Crippen molar-refractivity contribution in [1.82, 2.24) is 4.90 Å². The van der Waals surface area contributed by atoms with Crippen molar-refractivity contribution in [3.63, 3.8) is 0 Å². The van der Waals surface area contributed by atoms with Crippen LogP contribution in [0.3, 0.4) is 0 Å². The summed E-state index contributed by atoms with van der Waals surface area (Å²) in [6.07, 6.45) is 0. The first kappa shape index (κ1) is 24.5. The number of benzene rings is 2. The van der Waals surface area contributed by atoms with Gasteiger partial charge in [0.2, 0.25) is 5.91 Å². The molecular formula is C25H33FN2O3. The number of nitrogens with one attached hydrogen (secondary N) is 1. The van der Waals surface area contributed by atoms with Crippen LogP contribution < -0.4 is 5.32 Å². The van der Waals surface area contributed by atoms with E-state index >= 15 is 0 Å². The lowest BCUT2D eigenvalue weighted by Gasteiger charge is -2.23. The van der Waals surface area contributed by atoms with Gasteiger partial charge in [0, 0.05) is 12.2 Å². The van der Waals surface area contributed by atoms with Crippen LogP contribution in [0.5, 0.6) is 0 Å². The number of nitrogens with zero attached hydrogens (tertiary/aromatic N) is 1. The molecular weight excluding hydrogens is 395 g/mol. The van der Waals surface area contributed by atoms with Crippen LogP contribution >= 0.6 is 0 Å². The van der Waals surface area contributed by atoms with Crippen molar-refractivity contribution in [1.29, 1.82) is 0 Å². The van der Waals surface area contributed by atoms with Crippen LogP contribution in [-0.2, 0) is 20.9 Å². The fraction of sp³-hybridized carbons (Fsp3) is 0.440. The Morgan fingerprint density at radius 3 is 2.06 bits per heavy atom. The lowest BCUT2D eigenvalue weighted by Crippen LogP contribution is -2.37. The Kier molecular flexibility index (Phi) is 9.19. The minimum absolute atomic E-state index is 0.0140. The summed E-state index contributed by atoms with van der Waals surface area (Å²) in [5.41, 5.74) is 3.81. The zero-order chi connectivity index (χ0) is 23.0. The smallest absolute Gasteiger partial charge is 0.320 e. The van der Waals surface area contributed by atoms with Gasteiger partial charge in [-0.1, -0.05) is 58.0 Å². The highest BCUT2D eigenvalue weighted by Crippen LogP contribution is 2.32. The summed E-state index contributed by atoms with van der Waals surface area (Å²) >= 11 is 0. The van der Waals surface area contributed by atoms with Crippen molar-refractivity contribution in [2.75, 3.05) is 25.0 Å². The average Bonchev–Trinajstić information content (AvgIpc) is 2.69. The third kappa shape index (κ3) is 7.47. The molecule has 168 valence electrons. The molecule has 0 saturated carbocycles. The van der Waals surface area contributed by atoms with Gasteiger partial charge in [-0.05, 0) is 47.6 Å². The molecule has 1 N–H and O–H groups in total. The first-order valence-electron chi connectivity index (χ1n) is 10.8. The fourth-order valence-corrected chi connectivity index (χ4v) is 3.48. The second-order valence-electron chi connectivity index (χ2n) is 8.25. The van der Waals surface area contributed by atoms with E-state index in [0.29, 0.717) is 6.54 Å². The van der Waals surface area contributed by atoms with Crippen molar-refractivity contribution in [3.8, 4) is 0 Å². The van der Waals surface area contributed by atoms with Crippen LogP contribution in [-0.4, -0.2) is 36.5 Å². The molecule has 0 atom stereocenters. The summed E-state index contributed by atoms with van der Waals surface area (Å²) in [5.74, 6) is -0.429. The SMILES string of the molecule is CCOC(=O)CN(CC(=O)Nc1c(C(C)C)cccc1C(C)C)Cc1ccc(F)cc1. The van der Waals surface area contributed by atoms with Gasteiger partial charge in [0.25, 0.3) is 0 Å². The van der Waals surface area contributed by atoms with Gasteiger partial charge in [0.1, 0.15) is 5.82 Å². The number of amides is 1. The summed E-state index contributed by atoms with van der Waals surface area (Å²) in [6.45, 7) is 10.7. The minimum atomic E-state index is -0.400. The quantitative estimate of drug-likeness (QED) is 0.537. The lowest BCUT2D eigenvalue weighted by molar-refractivity contribution is -0.144. The molecule has 1 amide bonds.